The average molecular weight is 288 g/mol. The summed E-state index contributed by atoms with van der Waals surface area (Å²) in [6, 6.07) is 7.86. The van der Waals surface area contributed by atoms with Gasteiger partial charge in [-0.25, -0.2) is 0 Å². The predicted molar refractivity (Wildman–Crippen MR) is 84.3 cm³/mol. The van der Waals surface area contributed by atoms with E-state index in [9.17, 15) is 9.59 Å². The highest BCUT2D eigenvalue weighted by Crippen LogP contribution is 2.17. The van der Waals surface area contributed by atoms with E-state index < -0.39 is 0 Å². The molecule has 114 valence electrons. The molecular weight excluding hydrogens is 264 g/mol. The Kier molecular flexibility index (Phi) is 5.37. The molecule has 1 aliphatic rings. The third-order valence-corrected chi connectivity index (χ3v) is 4.04. The fourth-order valence-corrected chi connectivity index (χ4v) is 2.67. The number of amides is 2. The number of piperidine rings is 1. The summed E-state index contributed by atoms with van der Waals surface area (Å²) in [6.07, 6.45) is 4.29. The van der Waals surface area contributed by atoms with Crippen molar-refractivity contribution in [3.05, 3.63) is 29.8 Å². The van der Waals surface area contributed by atoms with Crippen LogP contribution in [0.1, 0.15) is 38.7 Å². The lowest BCUT2D eigenvalue weighted by Gasteiger charge is -2.29. The minimum atomic E-state index is -0.0930. The van der Waals surface area contributed by atoms with Crippen LogP contribution in [0.4, 0.5) is 5.69 Å². The first-order chi connectivity index (χ1) is 10.1. The Hall–Kier alpha value is -1.84. The SMILES string of the molecule is CCc1ccc(N(CC(=O)N2CCCCC2)C(C)=O)cc1. The van der Waals surface area contributed by atoms with Crippen LogP contribution < -0.4 is 4.90 Å². The molecule has 0 aromatic heterocycles. The molecule has 21 heavy (non-hydrogen) atoms. The molecule has 0 spiro atoms. The molecule has 2 amide bonds. The molecule has 0 radical (unpaired) electrons. The summed E-state index contributed by atoms with van der Waals surface area (Å²) >= 11 is 0. The number of likely N-dealkylation sites (tertiary alicyclic amines) is 1. The van der Waals surface area contributed by atoms with E-state index in [0.717, 1.165) is 38.0 Å². The van der Waals surface area contributed by atoms with Gasteiger partial charge in [-0.1, -0.05) is 19.1 Å². The van der Waals surface area contributed by atoms with Gasteiger partial charge in [0, 0.05) is 25.7 Å². The van der Waals surface area contributed by atoms with Crippen LogP contribution in [-0.4, -0.2) is 36.3 Å². The molecule has 1 fully saturated rings. The molecule has 1 aliphatic heterocycles. The average Bonchev–Trinajstić information content (AvgIpc) is 2.53. The van der Waals surface area contributed by atoms with Crippen LogP contribution in [0.3, 0.4) is 0 Å². The lowest BCUT2D eigenvalue weighted by atomic mass is 10.1. The van der Waals surface area contributed by atoms with Gasteiger partial charge in [-0.15, -0.1) is 0 Å². The molecule has 1 aromatic rings. The van der Waals surface area contributed by atoms with Gasteiger partial charge in [0.2, 0.25) is 11.8 Å². The fourth-order valence-electron chi connectivity index (χ4n) is 2.67. The maximum Gasteiger partial charge on any atom is 0.242 e. The normalized spacial score (nSPS) is 14.9. The van der Waals surface area contributed by atoms with Crippen molar-refractivity contribution in [3.63, 3.8) is 0 Å². The zero-order chi connectivity index (χ0) is 15.2. The van der Waals surface area contributed by atoms with Gasteiger partial charge in [-0.05, 0) is 43.4 Å². The first-order valence-electron chi connectivity index (χ1n) is 7.76. The van der Waals surface area contributed by atoms with Crippen molar-refractivity contribution in [1.82, 2.24) is 4.90 Å². The van der Waals surface area contributed by atoms with E-state index in [1.54, 1.807) is 4.90 Å². The fraction of sp³-hybridized carbons (Fsp3) is 0.529. The monoisotopic (exact) mass is 288 g/mol. The minimum absolute atomic E-state index is 0.0458. The highest BCUT2D eigenvalue weighted by atomic mass is 16.2. The number of carbonyl (C=O) groups excluding carboxylic acids is 2. The summed E-state index contributed by atoms with van der Waals surface area (Å²) in [5, 5.41) is 0. The number of carbonyl (C=O) groups is 2. The Morgan fingerprint density at radius 3 is 2.24 bits per heavy atom. The van der Waals surface area contributed by atoms with Gasteiger partial charge < -0.3 is 9.80 Å². The van der Waals surface area contributed by atoms with Gasteiger partial charge >= 0.3 is 0 Å². The third-order valence-electron chi connectivity index (χ3n) is 4.04. The van der Waals surface area contributed by atoms with Crippen molar-refractivity contribution in [2.75, 3.05) is 24.5 Å². The molecule has 1 heterocycles. The number of hydrogen-bond acceptors (Lipinski definition) is 2. The largest absolute Gasteiger partial charge is 0.341 e. The number of rotatable bonds is 4. The molecule has 4 heteroatoms. The van der Waals surface area contributed by atoms with Crippen molar-refractivity contribution in [2.24, 2.45) is 0 Å². The van der Waals surface area contributed by atoms with Gasteiger partial charge in [0.25, 0.3) is 0 Å². The second-order valence-electron chi connectivity index (χ2n) is 5.57. The minimum Gasteiger partial charge on any atom is -0.341 e. The number of aryl methyl sites for hydroxylation is 1. The van der Waals surface area contributed by atoms with Crippen molar-refractivity contribution in [3.8, 4) is 0 Å². The summed E-state index contributed by atoms with van der Waals surface area (Å²) in [4.78, 5) is 27.7. The lowest BCUT2D eigenvalue weighted by Crippen LogP contribution is -2.44. The standard InChI is InChI=1S/C17H24N2O2/c1-3-15-7-9-16(10-8-15)19(14(2)20)13-17(21)18-11-5-4-6-12-18/h7-10H,3-6,11-13H2,1-2H3. The van der Waals surface area contributed by atoms with E-state index in [1.807, 2.05) is 29.2 Å². The van der Waals surface area contributed by atoms with Crippen molar-refractivity contribution < 1.29 is 9.59 Å². The van der Waals surface area contributed by atoms with Gasteiger partial charge in [0.15, 0.2) is 0 Å². The second kappa shape index (κ2) is 7.25. The number of hydrogen-bond donors (Lipinski definition) is 0. The topological polar surface area (TPSA) is 40.6 Å². The molecule has 0 atom stereocenters. The molecule has 4 nitrogen and oxygen atoms in total. The second-order valence-corrected chi connectivity index (χ2v) is 5.57. The van der Waals surface area contributed by atoms with Crippen molar-refractivity contribution in [1.29, 1.82) is 0 Å². The molecule has 0 aliphatic carbocycles. The highest BCUT2D eigenvalue weighted by molar-refractivity contribution is 5.97. The number of nitrogens with zero attached hydrogens (tertiary/aromatic N) is 2. The summed E-state index contributed by atoms with van der Waals surface area (Å²) in [5.74, 6) is -0.0472. The molecular formula is C17H24N2O2. The molecule has 1 aromatic carbocycles. The van der Waals surface area contributed by atoms with Crippen LogP contribution in [0.5, 0.6) is 0 Å². The molecule has 0 saturated carbocycles. The highest BCUT2D eigenvalue weighted by Gasteiger charge is 2.21. The van der Waals surface area contributed by atoms with E-state index in [-0.39, 0.29) is 18.4 Å². The Morgan fingerprint density at radius 1 is 1.10 bits per heavy atom. The molecule has 0 N–H and O–H groups in total. The third kappa shape index (κ3) is 4.06. The van der Waals surface area contributed by atoms with E-state index in [4.69, 9.17) is 0 Å². The number of benzene rings is 1. The van der Waals surface area contributed by atoms with Crippen molar-refractivity contribution in [2.45, 2.75) is 39.5 Å². The maximum atomic E-state index is 12.3. The molecule has 1 saturated heterocycles. The Bertz CT molecular complexity index is 490. The van der Waals surface area contributed by atoms with E-state index in [0.29, 0.717) is 0 Å². The molecule has 0 unspecified atom stereocenters. The summed E-state index contributed by atoms with van der Waals surface area (Å²) in [6.45, 7) is 5.38. The predicted octanol–water partition coefficient (Wildman–Crippen LogP) is 2.61. The van der Waals surface area contributed by atoms with Crippen LogP contribution >= 0.6 is 0 Å². The molecule has 0 bridgehead atoms. The van der Waals surface area contributed by atoms with Crippen LogP contribution in [0.25, 0.3) is 0 Å². The van der Waals surface area contributed by atoms with E-state index in [1.165, 1.54) is 18.9 Å². The first kappa shape index (κ1) is 15.5. The van der Waals surface area contributed by atoms with Crippen LogP contribution in [0.2, 0.25) is 0 Å². The zero-order valence-corrected chi connectivity index (χ0v) is 13.0. The van der Waals surface area contributed by atoms with Crippen LogP contribution in [0.15, 0.2) is 24.3 Å². The Morgan fingerprint density at radius 2 is 1.71 bits per heavy atom. The number of anilines is 1. The Labute approximate surface area is 126 Å². The smallest absolute Gasteiger partial charge is 0.242 e. The summed E-state index contributed by atoms with van der Waals surface area (Å²) in [5.41, 5.74) is 2.02. The van der Waals surface area contributed by atoms with Crippen LogP contribution in [-0.2, 0) is 16.0 Å². The quantitative estimate of drug-likeness (QED) is 0.854. The Balaban J connectivity index is 2.07. The van der Waals surface area contributed by atoms with Crippen molar-refractivity contribution >= 4 is 17.5 Å². The maximum absolute atomic E-state index is 12.3. The van der Waals surface area contributed by atoms with E-state index >= 15 is 0 Å². The summed E-state index contributed by atoms with van der Waals surface area (Å²) in [7, 11) is 0. The summed E-state index contributed by atoms with van der Waals surface area (Å²) < 4.78 is 0. The van der Waals surface area contributed by atoms with Gasteiger partial charge in [-0.3, -0.25) is 9.59 Å². The van der Waals surface area contributed by atoms with Gasteiger partial charge in [0.1, 0.15) is 6.54 Å². The molecule has 2 rings (SSSR count). The van der Waals surface area contributed by atoms with E-state index in [2.05, 4.69) is 6.92 Å². The lowest BCUT2D eigenvalue weighted by molar-refractivity contribution is -0.132. The van der Waals surface area contributed by atoms with Gasteiger partial charge in [0.05, 0.1) is 0 Å². The zero-order valence-electron chi connectivity index (χ0n) is 13.0. The van der Waals surface area contributed by atoms with Gasteiger partial charge in [-0.2, -0.15) is 0 Å². The first-order valence-corrected chi connectivity index (χ1v) is 7.76. The van der Waals surface area contributed by atoms with Crippen LogP contribution in [0, 0.1) is 0 Å².